The molecule has 0 aliphatic heterocycles. The Morgan fingerprint density at radius 1 is 1.20 bits per heavy atom. The zero-order valence-electron chi connectivity index (χ0n) is 12.1. The van der Waals surface area contributed by atoms with E-state index in [0.717, 1.165) is 36.8 Å². The largest absolute Gasteiger partial charge is 0.393 e. The molecule has 0 bridgehead atoms. The van der Waals surface area contributed by atoms with Gasteiger partial charge in [0.2, 0.25) is 10.0 Å². The molecule has 5 heteroatoms. The summed E-state index contributed by atoms with van der Waals surface area (Å²) >= 11 is 0. The SMILES string of the molecule is Cc1ccc(S(=O)(=O)NCC2CCCCC2O)cc1C. The fourth-order valence-electron chi connectivity index (χ4n) is 2.61. The van der Waals surface area contributed by atoms with Crippen LogP contribution in [0.15, 0.2) is 23.1 Å². The Morgan fingerprint density at radius 3 is 2.55 bits per heavy atom. The maximum atomic E-state index is 12.3. The van der Waals surface area contributed by atoms with Crippen molar-refractivity contribution < 1.29 is 13.5 Å². The number of rotatable bonds is 4. The number of aliphatic hydroxyl groups is 1. The van der Waals surface area contributed by atoms with E-state index in [2.05, 4.69) is 4.72 Å². The van der Waals surface area contributed by atoms with Gasteiger partial charge in [0.25, 0.3) is 0 Å². The molecule has 1 fully saturated rings. The minimum absolute atomic E-state index is 0.0325. The van der Waals surface area contributed by atoms with Crippen molar-refractivity contribution in [2.24, 2.45) is 5.92 Å². The van der Waals surface area contributed by atoms with Crippen molar-refractivity contribution >= 4 is 10.0 Å². The van der Waals surface area contributed by atoms with Crippen LogP contribution in [0.2, 0.25) is 0 Å². The minimum atomic E-state index is -3.48. The highest BCUT2D eigenvalue weighted by atomic mass is 32.2. The van der Waals surface area contributed by atoms with Gasteiger partial charge < -0.3 is 5.11 Å². The van der Waals surface area contributed by atoms with Crippen molar-refractivity contribution in [2.75, 3.05) is 6.54 Å². The molecule has 0 aromatic heterocycles. The highest BCUT2D eigenvalue weighted by molar-refractivity contribution is 7.89. The Kier molecular flexibility index (Phi) is 4.83. The fraction of sp³-hybridized carbons (Fsp3) is 0.600. The second kappa shape index (κ2) is 6.24. The number of hydrogen-bond donors (Lipinski definition) is 2. The Bertz CT molecular complexity index is 568. The Balaban J connectivity index is 2.05. The molecule has 0 saturated heterocycles. The molecule has 0 heterocycles. The first-order valence-electron chi connectivity index (χ1n) is 7.15. The molecule has 2 atom stereocenters. The van der Waals surface area contributed by atoms with Gasteiger partial charge in [0.15, 0.2) is 0 Å². The van der Waals surface area contributed by atoms with E-state index in [4.69, 9.17) is 0 Å². The third kappa shape index (κ3) is 3.59. The highest BCUT2D eigenvalue weighted by Crippen LogP contribution is 2.24. The fourth-order valence-corrected chi connectivity index (χ4v) is 3.79. The summed E-state index contributed by atoms with van der Waals surface area (Å²) in [5.74, 6) is 0.0325. The van der Waals surface area contributed by atoms with Gasteiger partial charge in [-0.2, -0.15) is 0 Å². The average Bonchev–Trinajstić information content (AvgIpc) is 2.41. The molecule has 0 amide bonds. The second-order valence-corrected chi connectivity index (χ2v) is 7.48. The van der Waals surface area contributed by atoms with Crippen molar-refractivity contribution in [3.63, 3.8) is 0 Å². The van der Waals surface area contributed by atoms with E-state index in [9.17, 15) is 13.5 Å². The second-order valence-electron chi connectivity index (χ2n) is 5.71. The molecule has 0 radical (unpaired) electrons. The van der Waals surface area contributed by atoms with Crippen LogP contribution in [0, 0.1) is 19.8 Å². The number of hydrogen-bond acceptors (Lipinski definition) is 3. The highest BCUT2D eigenvalue weighted by Gasteiger charge is 2.25. The summed E-state index contributed by atoms with van der Waals surface area (Å²) in [6, 6.07) is 5.14. The third-order valence-corrected chi connectivity index (χ3v) is 5.61. The van der Waals surface area contributed by atoms with Gasteiger partial charge in [-0.3, -0.25) is 0 Å². The van der Waals surface area contributed by atoms with E-state index < -0.39 is 10.0 Å². The summed E-state index contributed by atoms with van der Waals surface area (Å²) < 4.78 is 27.1. The van der Waals surface area contributed by atoms with E-state index in [1.54, 1.807) is 12.1 Å². The van der Waals surface area contributed by atoms with Gasteiger partial charge in [-0.05, 0) is 55.9 Å². The van der Waals surface area contributed by atoms with Gasteiger partial charge in [-0.1, -0.05) is 18.9 Å². The Hall–Kier alpha value is -0.910. The van der Waals surface area contributed by atoms with Crippen molar-refractivity contribution in [1.82, 2.24) is 4.72 Å². The molecule has 1 aromatic rings. The smallest absolute Gasteiger partial charge is 0.240 e. The molecule has 2 unspecified atom stereocenters. The minimum Gasteiger partial charge on any atom is -0.393 e. The van der Waals surface area contributed by atoms with Crippen molar-refractivity contribution in [1.29, 1.82) is 0 Å². The summed E-state index contributed by atoms with van der Waals surface area (Å²) in [7, 11) is -3.48. The lowest BCUT2D eigenvalue weighted by Crippen LogP contribution is -2.36. The number of aliphatic hydroxyl groups excluding tert-OH is 1. The molecule has 20 heavy (non-hydrogen) atoms. The van der Waals surface area contributed by atoms with Gasteiger partial charge in [-0.25, -0.2) is 13.1 Å². The number of nitrogens with one attached hydrogen (secondary N) is 1. The van der Waals surface area contributed by atoms with Crippen LogP contribution in [0.1, 0.15) is 36.8 Å². The molecule has 1 aliphatic rings. The lowest BCUT2D eigenvalue weighted by Gasteiger charge is -2.27. The first kappa shape index (κ1) is 15.5. The Morgan fingerprint density at radius 2 is 1.90 bits per heavy atom. The van der Waals surface area contributed by atoms with E-state index in [1.165, 1.54) is 0 Å². The monoisotopic (exact) mass is 297 g/mol. The van der Waals surface area contributed by atoms with Crippen LogP contribution in [0.25, 0.3) is 0 Å². The first-order chi connectivity index (χ1) is 9.40. The number of aryl methyl sites for hydroxylation is 2. The topological polar surface area (TPSA) is 66.4 Å². The normalized spacial score (nSPS) is 23.8. The molecule has 2 rings (SSSR count). The maximum absolute atomic E-state index is 12.3. The molecule has 112 valence electrons. The van der Waals surface area contributed by atoms with Crippen LogP contribution in [0.5, 0.6) is 0 Å². The summed E-state index contributed by atoms with van der Waals surface area (Å²) in [6.45, 7) is 4.17. The average molecular weight is 297 g/mol. The molecule has 0 spiro atoms. The van der Waals surface area contributed by atoms with Crippen LogP contribution in [-0.4, -0.2) is 26.2 Å². The van der Waals surface area contributed by atoms with Gasteiger partial charge in [0.05, 0.1) is 11.0 Å². The van der Waals surface area contributed by atoms with Gasteiger partial charge >= 0.3 is 0 Å². The molecular weight excluding hydrogens is 274 g/mol. The predicted octanol–water partition coefficient (Wildman–Crippen LogP) is 2.13. The van der Waals surface area contributed by atoms with E-state index in [-0.39, 0.29) is 12.0 Å². The van der Waals surface area contributed by atoms with Crippen LogP contribution < -0.4 is 4.72 Å². The van der Waals surface area contributed by atoms with Gasteiger partial charge in [-0.15, -0.1) is 0 Å². The van der Waals surface area contributed by atoms with E-state index >= 15 is 0 Å². The standard InChI is InChI=1S/C15H23NO3S/c1-11-7-8-14(9-12(11)2)20(18,19)16-10-13-5-3-4-6-15(13)17/h7-9,13,15-17H,3-6,10H2,1-2H3. The van der Waals surface area contributed by atoms with E-state index in [1.807, 2.05) is 19.9 Å². The van der Waals surface area contributed by atoms with Crippen molar-refractivity contribution in [2.45, 2.75) is 50.5 Å². The zero-order chi connectivity index (χ0) is 14.8. The first-order valence-corrected chi connectivity index (χ1v) is 8.63. The summed E-state index contributed by atoms with van der Waals surface area (Å²) in [4.78, 5) is 0.297. The lowest BCUT2D eigenvalue weighted by molar-refractivity contribution is 0.0724. The third-order valence-electron chi connectivity index (χ3n) is 4.19. The van der Waals surface area contributed by atoms with Crippen LogP contribution in [0.3, 0.4) is 0 Å². The quantitative estimate of drug-likeness (QED) is 0.894. The summed E-state index contributed by atoms with van der Waals surface area (Å²) in [5.41, 5.74) is 2.04. The lowest BCUT2D eigenvalue weighted by atomic mass is 9.87. The number of sulfonamides is 1. The van der Waals surface area contributed by atoms with E-state index in [0.29, 0.717) is 11.4 Å². The Labute approximate surface area is 121 Å². The summed E-state index contributed by atoms with van der Waals surface area (Å²) in [5, 5.41) is 9.88. The van der Waals surface area contributed by atoms with Gasteiger partial charge in [0.1, 0.15) is 0 Å². The number of benzene rings is 1. The molecule has 2 N–H and O–H groups in total. The zero-order valence-corrected chi connectivity index (χ0v) is 12.9. The molecule has 1 aliphatic carbocycles. The maximum Gasteiger partial charge on any atom is 0.240 e. The van der Waals surface area contributed by atoms with Crippen molar-refractivity contribution in [3.05, 3.63) is 29.3 Å². The summed E-state index contributed by atoms with van der Waals surface area (Å²) in [6.07, 6.45) is 3.37. The van der Waals surface area contributed by atoms with Gasteiger partial charge in [0, 0.05) is 6.54 Å². The predicted molar refractivity (Wildman–Crippen MR) is 79.1 cm³/mol. The molecule has 1 saturated carbocycles. The molecule has 4 nitrogen and oxygen atoms in total. The molecular formula is C15H23NO3S. The van der Waals surface area contributed by atoms with Crippen LogP contribution >= 0.6 is 0 Å². The van der Waals surface area contributed by atoms with Crippen LogP contribution in [0.4, 0.5) is 0 Å². The van der Waals surface area contributed by atoms with Crippen LogP contribution in [-0.2, 0) is 10.0 Å². The van der Waals surface area contributed by atoms with Crippen molar-refractivity contribution in [3.8, 4) is 0 Å². The molecule has 1 aromatic carbocycles.